The molecule has 0 atom stereocenters. The first kappa shape index (κ1) is 23.7. The summed E-state index contributed by atoms with van der Waals surface area (Å²) in [6, 6.07) is 16.8. The monoisotopic (exact) mass is 483 g/mol. The van der Waals surface area contributed by atoms with Gasteiger partial charge in [0, 0.05) is 53.9 Å². The Morgan fingerprint density at radius 1 is 0.882 bits per heavy atom. The number of aromatic nitrogens is 1. The smallest absolute Gasteiger partial charge is 0.241 e. The molecule has 0 spiro atoms. The number of nitrogens with one attached hydrogen (secondary N) is 2. The van der Waals surface area contributed by atoms with Gasteiger partial charge in [0.1, 0.15) is 24.0 Å². The van der Waals surface area contributed by atoms with Crippen molar-refractivity contribution in [1.82, 2.24) is 15.0 Å². The fourth-order valence-electron chi connectivity index (χ4n) is 3.56. The van der Waals surface area contributed by atoms with E-state index in [-0.39, 0.29) is 23.6 Å². The van der Waals surface area contributed by atoms with Gasteiger partial charge in [0.25, 0.3) is 0 Å². The van der Waals surface area contributed by atoms with Crippen molar-refractivity contribution in [3.8, 4) is 16.9 Å². The van der Waals surface area contributed by atoms with Crippen LogP contribution in [0.4, 0.5) is 8.78 Å². The van der Waals surface area contributed by atoms with Gasteiger partial charge in [-0.05, 0) is 36.4 Å². The summed E-state index contributed by atoms with van der Waals surface area (Å²) in [5, 5.41) is 4.44. The van der Waals surface area contributed by atoms with E-state index in [1.165, 1.54) is 24.3 Å². The first-order chi connectivity index (χ1) is 16.5. The summed E-state index contributed by atoms with van der Waals surface area (Å²) in [6.45, 7) is 1.20. The summed E-state index contributed by atoms with van der Waals surface area (Å²) in [5.74, 6) is -0.594. The van der Waals surface area contributed by atoms with E-state index < -0.39 is 21.7 Å². The van der Waals surface area contributed by atoms with E-state index >= 15 is 0 Å². The Kier molecular flexibility index (Phi) is 7.46. The highest BCUT2D eigenvalue weighted by Crippen LogP contribution is 2.32. The minimum Gasteiger partial charge on any atom is -0.492 e. The average molecular weight is 484 g/mol. The molecule has 0 saturated heterocycles. The summed E-state index contributed by atoms with van der Waals surface area (Å²) in [4.78, 5) is 4.22. The molecule has 34 heavy (non-hydrogen) atoms. The van der Waals surface area contributed by atoms with Crippen LogP contribution in [0.2, 0.25) is 0 Å². The van der Waals surface area contributed by atoms with E-state index in [0.717, 1.165) is 5.39 Å². The van der Waals surface area contributed by atoms with Crippen LogP contribution >= 0.6 is 0 Å². The Bertz CT molecular complexity index is 1390. The minimum absolute atomic E-state index is 0.181. The van der Waals surface area contributed by atoms with Gasteiger partial charge in [0.05, 0.1) is 4.90 Å². The molecule has 0 aliphatic rings. The van der Waals surface area contributed by atoms with Gasteiger partial charge in [-0.3, -0.25) is 4.98 Å². The first-order valence-electron chi connectivity index (χ1n) is 10.7. The SMILES string of the molecule is O=S(=O)(NCCNCCOc1ccc(F)cc1-c1ccccc1F)c1cccc2cnccc12. The Morgan fingerprint density at radius 2 is 1.74 bits per heavy atom. The number of fused-ring (bicyclic) bond motifs is 1. The van der Waals surface area contributed by atoms with E-state index in [2.05, 4.69) is 15.0 Å². The van der Waals surface area contributed by atoms with Gasteiger partial charge in [-0.25, -0.2) is 21.9 Å². The molecular weight excluding hydrogens is 460 g/mol. The molecule has 0 fully saturated rings. The second kappa shape index (κ2) is 10.7. The number of rotatable bonds is 10. The number of benzene rings is 3. The highest BCUT2D eigenvalue weighted by molar-refractivity contribution is 7.89. The van der Waals surface area contributed by atoms with Crippen molar-refractivity contribution in [2.45, 2.75) is 4.90 Å². The van der Waals surface area contributed by atoms with Gasteiger partial charge in [0.2, 0.25) is 10.0 Å². The first-order valence-corrected chi connectivity index (χ1v) is 12.1. The zero-order valence-electron chi connectivity index (χ0n) is 18.2. The molecule has 176 valence electrons. The largest absolute Gasteiger partial charge is 0.492 e. The number of hydrogen-bond acceptors (Lipinski definition) is 5. The van der Waals surface area contributed by atoms with Gasteiger partial charge in [-0.15, -0.1) is 0 Å². The molecule has 4 rings (SSSR count). The molecule has 0 amide bonds. The molecule has 1 heterocycles. The molecule has 2 N–H and O–H groups in total. The number of pyridine rings is 1. The molecule has 0 saturated carbocycles. The van der Waals surface area contributed by atoms with E-state index in [1.807, 2.05) is 6.07 Å². The van der Waals surface area contributed by atoms with Gasteiger partial charge in [-0.2, -0.15) is 0 Å². The van der Waals surface area contributed by atoms with E-state index in [0.29, 0.717) is 29.8 Å². The van der Waals surface area contributed by atoms with Crippen molar-refractivity contribution in [1.29, 1.82) is 0 Å². The molecule has 0 bridgehead atoms. The van der Waals surface area contributed by atoms with Crippen LogP contribution in [0.25, 0.3) is 21.9 Å². The molecule has 4 aromatic rings. The fraction of sp³-hybridized carbons (Fsp3) is 0.160. The Hall–Kier alpha value is -3.40. The summed E-state index contributed by atoms with van der Waals surface area (Å²) in [7, 11) is -3.69. The van der Waals surface area contributed by atoms with Crippen LogP contribution < -0.4 is 14.8 Å². The van der Waals surface area contributed by atoms with Crippen LogP contribution in [0.5, 0.6) is 5.75 Å². The fourth-order valence-corrected chi connectivity index (χ4v) is 4.81. The summed E-state index contributed by atoms with van der Waals surface area (Å²) >= 11 is 0. The second-order valence-corrected chi connectivity index (χ2v) is 9.20. The lowest BCUT2D eigenvalue weighted by Crippen LogP contribution is -2.33. The Morgan fingerprint density at radius 3 is 2.59 bits per heavy atom. The maximum absolute atomic E-state index is 14.2. The number of halogens is 2. The molecule has 1 aromatic heterocycles. The third-order valence-corrected chi connectivity index (χ3v) is 6.69. The van der Waals surface area contributed by atoms with Crippen molar-refractivity contribution in [2.75, 3.05) is 26.2 Å². The molecule has 6 nitrogen and oxygen atoms in total. The van der Waals surface area contributed by atoms with Gasteiger partial charge < -0.3 is 10.1 Å². The van der Waals surface area contributed by atoms with E-state index in [1.54, 1.807) is 48.8 Å². The Balaban J connectivity index is 1.28. The van der Waals surface area contributed by atoms with E-state index in [9.17, 15) is 17.2 Å². The van der Waals surface area contributed by atoms with Crippen molar-refractivity contribution < 1.29 is 21.9 Å². The summed E-state index contributed by atoms with van der Waals surface area (Å²) in [5.41, 5.74) is 0.583. The lowest BCUT2D eigenvalue weighted by molar-refractivity contribution is 0.315. The zero-order chi connectivity index (χ0) is 24.0. The van der Waals surface area contributed by atoms with Gasteiger partial charge >= 0.3 is 0 Å². The summed E-state index contributed by atoms with van der Waals surface area (Å²) in [6.07, 6.45) is 3.18. The highest BCUT2D eigenvalue weighted by atomic mass is 32.2. The second-order valence-electron chi connectivity index (χ2n) is 7.47. The van der Waals surface area contributed by atoms with Crippen LogP contribution in [-0.2, 0) is 10.0 Å². The van der Waals surface area contributed by atoms with Crippen LogP contribution in [0.15, 0.2) is 84.0 Å². The van der Waals surface area contributed by atoms with Crippen LogP contribution in [0.3, 0.4) is 0 Å². The van der Waals surface area contributed by atoms with Crippen LogP contribution in [0.1, 0.15) is 0 Å². The van der Waals surface area contributed by atoms with Gasteiger partial charge in [-0.1, -0.05) is 30.3 Å². The van der Waals surface area contributed by atoms with Crippen molar-refractivity contribution in [3.63, 3.8) is 0 Å². The third kappa shape index (κ3) is 5.56. The van der Waals surface area contributed by atoms with Gasteiger partial charge in [0.15, 0.2) is 0 Å². The lowest BCUT2D eigenvalue weighted by atomic mass is 10.0. The predicted octanol–water partition coefficient (Wildman–Crippen LogP) is 4.13. The normalized spacial score (nSPS) is 11.6. The number of nitrogens with zero attached hydrogens (tertiary/aromatic N) is 1. The van der Waals surface area contributed by atoms with Crippen LogP contribution in [0, 0.1) is 11.6 Å². The third-order valence-electron chi connectivity index (χ3n) is 5.17. The van der Waals surface area contributed by atoms with Crippen LogP contribution in [-0.4, -0.2) is 39.6 Å². The molecule has 3 aromatic carbocycles. The topological polar surface area (TPSA) is 80.3 Å². The highest BCUT2D eigenvalue weighted by Gasteiger charge is 2.16. The predicted molar refractivity (Wildman–Crippen MR) is 127 cm³/mol. The number of ether oxygens (including phenoxy) is 1. The zero-order valence-corrected chi connectivity index (χ0v) is 19.0. The minimum atomic E-state index is -3.69. The number of sulfonamides is 1. The maximum Gasteiger partial charge on any atom is 0.241 e. The molecule has 0 aliphatic carbocycles. The average Bonchev–Trinajstić information content (AvgIpc) is 2.84. The lowest BCUT2D eigenvalue weighted by Gasteiger charge is -2.13. The quantitative estimate of drug-likeness (QED) is 0.332. The maximum atomic E-state index is 14.2. The standard InChI is InChI=1S/C25H23F2N3O3S/c26-19-8-9-24(22(16-19)21-5-1-2-6-23(21)27)33-15-14-28-12-13-30-34(31,32)25-7-3-4-18-17-29-11-10-20(18)25/h1-11,16-17,28,30H,12-15H2. The molecule has 9 heteroatoms. The molecular formula is C25H23F2N3O3S. The summed E-state index contributed by atoms with van der Waals surface area (Å²) < 4.78 is 61.6. The van der Waals surface area contributed by atoms with Crippen molar-refractivity contribution in [3.05, 3.63) is 90.8 Å². The number of hydrogen-bond donors (Lipinski definition) is 2. The van der Waals surface area contributed by atoms with Crippen molar-refractivity contribution in [2.24, 2.45) is 0 Å². The van der Waals surface area contributed by atoms with E-state index in [4.69, 9.17) is 4.74 Å². The molecule has 0 aliphatic heterocycles. The molecule has 0 unspecified atom stereocenters. The molecule has 0 radical (unpaired) electrons. The van der Waals surface area contributed by atoms with Crippen molar-refractivity contribution >= 4 is 20.8 Å². The Labute approximate surface area is 196 Å².